The molecule has 0 aromatic rings. The van der Waals surface area contributed by atoms with Crippen molar-refractivity contribution in [3.05, 3.63) is 12.2 Å². The summed E-state index contributed by atoms with van der Waals surface area (Å²) in [4.78, 5) is 0. The highest BCUT2D eigenvalue weighted by Crippen LogP contribution is 2.46. The molecule has 0 aliphatic carbocycles. The number of rotatable bonds is 2. The van der Waals surface area contributed by atoms with Crippen LogP contribution in [0.1, 0.15) is 6.92 Å². The molecule has 48 valence electrons. The molecule has 1 atom stereocenters. The van der Waals surface area contributed by atoms with Crippen LogP contribution in [0.3, 0.4) is 0 Å². The lowest BCUT2D eigenvalue weighted by molar-refractivity contribution is 0.589. The molecular weight excluding hydrogens is 142 g/mol. The van der Waals surface area contributed by atoms with Gasteiger partial charge in [0.2, 0.25) is 0 Å². The quantitative estimate of drug-likeness (QED) is 0.439. The molecule has 0 amide bonds. The van der Waals surface area contributed by atoms with Crippen LogP contribution in [0, 0.1) is 0 Å². The Labute approximate surface area is 54.9 Å². The second kappa shape index (κ2) is 3.32. The molecule has 0 bridgehead atoms. The molecule has 3 heteroatoms. The van der Waals surface area contributed by atoms with E-state index in [1.54, 1.807) is 6.66 Å². The van der Waals surface area contributed by atoms with E-state index < -0.39 is 6.49 Å². The third-order valence-corrected chi connectivity index (χ3v) is 1.94. The van der Waals surface area contributed by atoms with Crippen molar-refractivity contribution in [3.8, 4) is 0 Å². The maximum absolute atomic E-state index is 10.7. The molecule has 0 aromatic heterocycles. The Morgan fingerprint density at radius 3 is 2.38 bits per heavy atom. The van der Waals surface area contributed by atoms with Gasteiger partial charge in [-0.3, -0.25) is 0 Å². The van der Waals surface area contributed by atoms with Crippen LogP contribution in [0.5, 0.6) is 0 Å². The largest absolute Gasteiger partial charge is 0.307 e. The predicted octanol–water partition coefficient (Wildman–Crippen LogP) is 2.71. The van der Waals surface area contributed by atoms with E-state index in [1.807, 2.05) is 19.1 Å². The molecule has 0 heterocycles. The molecule has 0 saturated carbocycles. The Kier molecular flexibility index (Phi) is 3.43. The minimum Gasteiger partial charge on any atom is -0.307 e. The average molecular weight is 153 g/mol. The van der Waals surface area contributed by atoms with Gasteiger partial charge in [0.15, 0.2) is 6.49 Å². The Balaban J connectivity index is 3.57. The van der Waals surface area contributed by atoms with Gasteiger partial charge in [0.1, 0.15) is 0 Å². The summed E-state index contributed by atoms with van der Waals surface area (Å²) in [6, 6.07) is 0. The fourth-order valence-corrected chi connectivity index (χ4v) is 1.12. The van der Waals surface area contributed by atoms with Gasteiger partial charge in [-0.1, -0.05) is 23.4 Å². The number of hydrogen-bond donors (Lipinski definition) is 0. The Morgan fingerprint density at radius 1 is 1.75 bits per heavy atom. The average Bonchev–Trinajstić information content (AvgIpc) is 1.59. The Morgan fingerprint density at radius 2 is 2.25 bits per heavy atom. The monoisotopic (exact) mass is 152 g/mol. The first-order valence-corrected chi connectivity index (χ1v) is 5.68. The standard InChI is InChI=1S/C5H10ClOP/c1-3-4-5-8(2,6)7/h3-4H,5H2,1-2H3/b4-3+. The van der Waals surface area contributed by atoms with E-state index in [0.29, 0.717) is 6.16 Å². The Bertz CT molecular complexity index is 124. The Hall–Kier alpha value is 0.260. The lowest BCUT2D eigenvalue weighted by Crippen LogP contribution is -1.71. The van der Waals surface area contributed by atoms with Crippen molar-refractivity contribution in [2.45, 2.75) is 6.92 Å². The summed E-state index contributed by atoms with van der Waals surface area (Å²) in [6.45, 7) is 1.15. The third kappa shape index (κ3) is 6.26. The summed E-state index contributed by atoms with van der Waals surface area (Å²) in [6.07, 6.45) is 4.16. The SMILES string of the molecule is C/C=C/CP(C)(=O)Cl. The number of halogens is 1. The highest BCUT2D eigenvalue weighted by molar-refractivity contribution is 7.88. The summed E-state index contributed by atoms with van der Waals surface area (Å²) in [5.41, 5.74) is 0. The molecule has 0 spiro atoms. The zero-order valence-electron chi connectivity index (χ0n) is 5.10. The number of allylic oxidation sites excluding steroid dienone is 2. The molecule has 0 rings (SSSR count). The first-order valence-electron chi connectivity index (χ1n) is 2.43. The molecule has 0 radical (unpaired) electrons. The fraction of sp³-hybridized carbons (Fsp3) is 0.600. The normalized spacial score (nSPS) is 18.9. The van der Waals surface area contributed by atoms with E-state index in [9.17, 15) is 4.57 Å². The highest BCUT2D eigenvalue weighted by Gasteiger charge is 2.04. The van der Waals surface area contributed by atoms with Gasteiger partial charge in [0, 0.05) is 12.8 Å². The van der Waals surface area contributed by atoms with Gasteiger partial charge in [-0.15, -0.1) is 0 Å². The summed E-state index contributed by atoms with van der Waals surface area (Å²) in [7, 11) is 0. The van der Waals surface area contributed by atoms with Crippen LogP contribution in [-0.4, -0.2) is 12.8 Å². The second-order valence-electron chi connectivity index (χ2n) is 1.74. The molecule has 0 aliphatic heterocycles. The van der Waals surface area contributed by atoms with Gasteiger partial charge in [-0.2, -0.15) is 0 Å². The molecule has 1 nitrogen and oxygen atoms in total. The smallest absolute Gasteiger partial charge is 0.170 e. The van der Waals surface area contributed by atoms with Crippen LogP contribution < -0.4 is 0 Å². The number of hydrogen-bond acceptors (Lipinski definition) is 1. The highest BCUT2D eigenvalue weighted by atomic mass is 35.7. The summed E-state index contributed by atoms with van der Waals surface area (Å²) < 4.78 is 10.7. The second-order valence-corrected chi connectivity index (χ2v) is 6.22. The molecule has 0 aromatic carbocycles. The van der Waals surface area contributed by atoms with Crippen LogP contribution in [0.2, 0.25) is 0 Å². The maximum atomic E-state index is 10.7. The van der Waals surface area contributed by atoms with E-state index in [-0.39, 0.29) is 0 Å². The van der Waals surface area contributed by atoms with Crippen molar-refractivity contribution >= 4 is 17.7 Å². The summed E-state index contributed by atoms with van der Waals surface area (Å²) >= 11 is 5.42. The van der Waals surface area contributed by atoms with Gasteiger partial charge in [-0.25, -0.2) is 0 Å². The van der Waals surface area contributed by atoms with Crippen LogP contribution in [0.15, 0.2) is 12.2 Å². The minimum atomic E-state index is -2.30. The van der Waals surface area contributed by atoms with Crippen LogP contribution in [0.4, 0.5) is 0 Å². The molecule has 8 heavy (non-hydrogen) atoms. The molecule has 0 aliphatic rings. The maximum Gasteiger partial charge on any atom is 0.170 e. The van der Waals surface area contributed by atoms with Crippen molar-refractivity contribution in [2.75, 3.05) is 12.8 Å². The van der Waals surface area contributed by atoms with Crippen molar-refractivity contribution in [3.63, 3.8) is 0 Å². The molecule has 0 N–H and O–H groups in total. The van der Waals surface area contributed by atoms with Gasteiger partial charge in [0.05, 0.1) is 0 Å². The van der Waals surface area contributed by atoms with E-state index in [1.165, 1.54) is 0 Å². The van der Waals surface area contributed by atoms with Gasteiger partial charge in [0.25, 0.3) is 0 Å². The predicted molar refractivity (Wildman–Crippen MR) is 39.1 cm³/mol. The van der Waals surface area contributed by atoms with Gasteiger partial charge in [-0.05, 0) is 6.92 Å². The fourth-order valence-electron chi connectivity index (χ4n) is 0.294. The van der Waals surface area contributed by atoms with Crippen molar-refractivity contribution < 1.29 is 4.57 Å². The van der Waals surface area contributed by atoms with Crippen molar-refractivity contribution in [2.24, 2.45) is 0 Å². The zero-order chi connectivity index (χ0) is 6.62. The lowest BCUT2D eigenvalue weighted by Gasteiger charge is -1.94. The third-order valence-electron chi connectivity index (χ3n) is 0.667. The minimum absolute atomic E-state index is 0.505. The first-order chi connectivity index (χ1) is 3.56. The molecule has 0 saturated heterocycles. The van der Waals surface area contributed by atoms with Gasteiger partial charge < -0.3 is 4.57 Å². The van der Waals surface area contributed by atoms with Gasteiger partial charge >= 0.3 is 0 Å². The molecule has 0 fully saturated rings. The van der Waals surface area contributed by atoms with E-state index in [4.69, 9.17) is 11.2 Å². The zero-order valence-corrected chi connectivity index (χ0v) is 6.75. The summed E-state index contributed by atoms with van der Waals surface area (Å²) in [5.74, 6) is 0. The summed E-state index contributed by atoms with van der Waals surface area (Å²) in [5, 5.41) is 0. The van der Waals surface area contributed by atoms with E-state index in [0.717, 1.165) is 0 Å². The molecule has 1 unspecified atom stereocenters. The van der Waals surface area contributed by atoms with E-state index in [2.05, 4.69) is 0 Å². The first kappa shape index (κ1) is 8.26. The van der Waals surface area contributed by atoms with Crippen LogP contribution in [-0.2, 0) is 4.57 Å². The van der Waals surface area contributed by atoms with Crippen molar-refractivity contribution in [1.82, 2.24) is 0 Å². The van der Waals surface area contributed by atoms with Crippen molar-refractivity contribution in [1.29, 1.82) is 0 Å². The van der Waals surface area contributed by atoms with Crippen LogP contribution >= 0.6 is 17.7 Å². The van der Waals surface area contributed by atoms with Crippen LogP contribution in [0.25, 0.3) is 0 Å². The van der Waals surface area contributed by atoms with E-state index >= 15 is 0 Å². The topological polar surface area (TPSA) is 17.1 Å². The lowest BCUT2D eigenvalue weighted by atomic mass is 10.6. The molecular formula is C5H10ClOP.